The van der Waals surface area contributed by atoms with Gasteiger partial charge < -0.3 is 15.0 Å². The number of hydrogen-bond acceptors (Lipinski definition) is 4. The Hall–Kier alpha value is -1.13. The maximum absolute atomic E-state index is 5.32. The predicted octanol–water partition coefficient (Wildman–Crippen LogP) is 2.44. The van der Waals surface area contributed by atoms with Crippen LogP contribution in [0.3, 0.4) is 0 Å². The standard InChI is InChI=1S/C16H27N3O/c1-13(2)18-10-15-7-4-8-17-16(15)19-9-5-6-14(11-19)12-20-3/h4,7-8,13-14,18H,5-6,9-12H2,1-3H3. The predicted molar refractivity (Wildman–Crippen MR) is 83.0 cm³/mol. The van der Waals surface area contributed by atoms with Crippen LogP contribution in [0.4, 0.5) is 5.82 Å². The molecule has 4 nitrogen and oxygen atoms in total. The van der Waals surface area contributed by atoms with Gasteiger partial charge in [0.15, 0.2) is 0 Å². The summed E-state index contributed by atoms with van der Waals surface area (Å²) in [5.74, 6) is 1.77. The lowest BCUT2D eigenvalue weighted by atomic mass is 9.98. The van der Waals surface area contributed by atoms with Crippen molar-refractivity contribution in [2.75, 3.05) is 31.7 Å². The lowest BCUT2D eigenvalue weighted by Crippen LogP contribution is -2.38. The van der Waals surface area contributed by atoms with Crippen molar-refractivity contribution in [2.24, 2.45) is 5.92 Å². The number of nitrogens with zero attached hydrogens (tertiary/aromatic N) is 2. The highest BCUT2D eigenvalue weighted by atomic mass is 16.5. The van der Waals surface area contributed by atoms with E-state index in [1.165, 1.54) is 18.4 Å². The number of piperidine rings is 1. The van der Waals surface area contributed by atoms with Crippen molar-refractivity contribution in [1.82, 2.24) is 10.3 Å². The molecule has 20 heavy (non-hydrogen) atoms. The third kappa shape index (κ3) is 4.18. The van der Waals surface area contributed by atoms with Gasteiger partial charge in [-0.25, -0.2) is 4.98 Å². The molecule has 1 N–H and O–H groups in total. The van der Waals surface area contributed by atoms with Gasteiger partial charge in [-0.1, -0.05) is 19.9 Å². The summed E-state index contributed by atoms with van der Waals surface area (Å²) in [7, 11) is 1.79. The highest BCUT2D eigenvalue weighted by Crippen LogP contribution is 2.24. The van der Waals surface area contributed by atoms with Gasteiger partial charge in [-0.3, -0.25) is 0 Å². The Balaban J connectivity index is 2.06. The van der Waals surface area contributed by atoms with Gasteiger partial charge in [-0.05, 0) is 24.8 Å². The van der Waals surface area contributed by atoms with E-state index < -0.39 is 0 Å². The molecule has 0 amide bonds. The molecule has 0 bridgehead atoms. The van der Waals surface area contributed by atoms with E-state index in [4.69, 9.17) is 4.74 Å². The first-order chi connectivity index (χ1) is 9.70. The van der Waals surface area contributed by atoms with Crippen molar-refractivity contribution in [3.8, 4) is 0 Å². The number of aromatic nitrogens is 1. The third-order valence-corrected chi connectivity index (χ3v) is 3.79. The molecule has 0 radical (unpaired) electrons. The first kappa shape index (κ1) is 15.3. The van der Waals surface area contributed by atoms with Crippen LogP contribution in [0.5, 0.6) is 0 Å². The monoisotopic (exact) mass is 277 g/mol. The molecule has 0 spiro atoms. The second-order valence-electron chi connectivity index (χ2n) is 5.93. The summed E-state index contributed by atoms with van der Waals surface area (Å²) in [6.45, 7) is 8.23. The van der Waals surface area contributed by atoms with Crippen LogP contribution in [0.25, 0.3) is 0 Å². The topological polar surface area (TPSA) is 37.4 Å². The minimum absolute atomic E-state index is 0.491. The van der Waals surface area contributed by atoms with E-state index in [0.29, 0.717) is 12.0 Å². The van der Waals surface area contributed by atoms with E-state index >= 15 is 0 Å². The van der Waals surface area contributed by atoms with E-state index in [-0.39, 0.29) is 0 Å². The number of hydrogen-bond donors (Lipinski definition) is 1. The molecule has 0 aromatic carbocycles. The summed E-state index contributed by atoms with van der Waals surface area (Å²) in [5.41, 5.74) is 1.29. The van der Waals surface area contributed by atoms with Gasteiger partial charge in [-0.15, -0.1) is 0 Å². The summed E-state index contributed by atoms with van der Waals surface area (Å²) in [6.07, 6.45) is 4.38. The molecule has 4 heteroatoms. The fraction of sp³-hybridized carbons (Fsp3) is 0.688. The summed E-state index contributed by atoms with van der Waals surface area (Å²) in [5, 5.41) is 3.49. The zero-order valence-electron chi connectivity index (χ0n) is 12.9. The Morgan fingerprint density at radius 3 is 3.10 bits per heavy atom. The van der Waals surface area contributed by atoms with Crippen LogP contribution in [0.2, 0.25) is 0 Å². The van der Waals surface area contributed by atoms with Crippen LogP contribution >= 0.6 is 0 Å². The maximum Gasteiger partial charge on any atom is 0.133 e. The van der Waals surface area contributed by atoms with E-state index in [9.17, 15) is 0 Å². The van der Waals surface area contributed by atoms with Gasteiger partial charge in [0.05, 0.1) is 6.61 Å². The number of methoxy groups -OCH3 is 1. The molecule has 1 aromatic heterocycles. The van der Waals surface area contributed by atoms with Crippen LogP contribution in [-0.2, 0) is 11.3 Å². The van der Waals surface area contributed by atoms with Gasteiger partial charge in [0.25, 0.3) is 0 Å². The average molecular weight is 277 g/mol. The van der Waals surface area contributed by atoms with Crippen molar-refractivity contribution in [1.29, 1.82) is 0 Å². The van der Waals surface area contributed by atoms with Gasteiger partial charge >= 0.3 is 0 Å². The summed E-state index contributed by atoms with van der Waals surface area (Å²) in [6, 6.07) is 4.69. The molecule has 1 saturated heterocycles. The van der Waals surface area contributed by atoms with Crippen LogP contribution in [0.15, 0.2) is 18.3 Å². The van der Waals surface area contributed by atoms with E-state index in [1.54, 1.807) is 7.11 Å². The number of rotatable bonds is 6. The van der Waals surface area contributed by atoms with E-state index in [0.717, 1.165) is 32.1 Å². The average Bonchev–Trinajstić information content (AvgIpc) is 2.46. The van der Waals surface area contributed by atoms with Crippen molar-refractivity contribution in [3.05, 3.63) is 23.9 Å². The minimum Gasteiger partial charge on any atom is -0.384 e. The maximum atomic E-state index is 5.32. The zero-order valence-corrected chi connectivity index (χ0v) is 12.9. The second-order valence-corrected chi connectivity index (χ2v) is 5.93. The minimum atomic E-state index is 0.491. The third-order valence-electron chi connectivity index (χ3n) is 3.79. The molecule has 0 aliphatic carbocycles. The Morgan fingerprint density at radius 1 is 1.50 bits per heavy atom. The molecule has 1 aliphatic rings. The van der Waals surface area contributed by atoms with Crippen molar-refractivity contribution in [2.45, 2.75) is 39.3 Å². The normalized spacial score (nSPS) is 19.6. The summed E-state index contributed by atoms with van der Waals surface area (Å²) >= 11 is 0. The molecule has 1 unspecified atom stereocenters. The highest BCUT2D eigenvalue weighted by Gasteiger charge is 2.22. The molecule has 2 heterocycles. The molecule has 2 rings (SSSR count). The Kier molecular flexibility index (Phi) is 5.80. The Labute approximate surface area is 122 Å². The van der Waals surface area contributed by atoms with Gasteiger partial charge in [0.2, 0.25) is 0 Å². The fourth-order valence-electron chi connectivity index (χ4n) is 2.80. The van der Waals surface area contributed by atoms with Crippen molar-refractivity contribution >= 4 is 5.82 Å². The van der Waals surface area contributed by atoms with Gasteiger partial charge in [0.1, 0.15) is 5.82 Å². The van der Waals surface area contributed by atoms with Crippen molar-refractivity contribution < 1.29 is 4.74 Å². The van der Waals surface area contributed by atoms with Crippen LogP contribution < -0.4 is 10.2 Å². The summed E-state index contributed by atoms with van der Waals surface area (Å²) < 4.78 is 5.32. The SMILES string of the molecule is COCC1CCCN(c2ncccc2CNC(C)C)C1. The quantitative estimate of drug-likeness (QED) is 0.866. The number of pyridine rings is 1. The zero-order chi connectivity index (χ0) is 14.4. The molecular weight excluding hydrogens is 250 g/mol. The lowest BCUT2D eigenvalue weighted by Gasteiger charge is -2.34. The van der Waals surface area contributed by atoms with Gasteiger partial charge in [-0.2, -0.15) is 0 Å². The van der Waals surface area contributed by atoms with E-state index in [2.05, 4.69) is 35.1 Å². The molecule has 1 atom stereocenters. The molecule has 0 saturated carbocycles. The van der Waals surface area contributed by atoms with Gasteiger partial charge in [0, 0.05) is 44.5 Å². The first-order valence-corrected chi connectivity index (χ1v) is 7.62. The number of nitrogens with one attached hydrogen (secondary N) is 1. The Morgan fingerprint density at radius 2 is 2.35 bits per heavy atom. The summed E-state index contributed by atoms with van der Waals surface area (Å²) in [4.78, 5) is 7.04. The largest absolute Gasteiger partial charge is 0.384 e. The molecular formula is C16H27N3O. The molecule has 1 aromatic rings. The van der Waals surface area contributed by atoms with Crippen LogP contribution in [-0.4, -0.2) is 37.8 Å². The smallest absolute Gasteiger partial charge is 0.133 e. The molecule has 112 valence electrons. The highest BCUT2D eigenvalue weighted by molar-refractivity contribution is 5.47. The first-order valence-electron chi connectivity index (χ1n) is 7.62. The van der Waals surface area contributed by atoms with E-state index in [1.807, 2.05) is 12.3 Å². The van der Waals surface area contributed by atoms with Crippen LogP contribution in [0, 0.1) is 5.92 Å². The van der Waals surface area contributed by atoms with Crippen molar-refractivity contribution in [3.63, 3.8) is 0 Å². The molecule has 1 fully saturated rings. The number of ether oxygens (including phenoxy) is 1. The van der Waals surface area contributed by atoms with Crippen LogP contribution in [0.1, 0.15) is 32.3 Å². The lowest BCUT2D eigenvalue weighted by molar-refractivity contribution is 0.143. The second kappa shape index (κ2) is 7.60. The number of anilines is 1. The fourth-order valence-corrected chi connectivity index (χ4v) is 2.80. The Bertz CT molecular complexity index is 406. The molecule has 1 aliphatic heterocycles.